The Kier molecular flexibility index (Phi) is 7.97. The van der Waals surface area contributed by atoms with E-state index in [-0.39, 0.29) is 30.6 Å². The Labute approximate surface area is 180 Å². The molecule has 0 aliphatic carbocycles. The lowest BCUT2D eigenvalue weighted by atomic mass is 9.96. The number of carbonyl (C=O) groups excluding carboxylic acids is 2. The first-order chi connectivity index (χ1) is 15.0. The molecule has 3 atom stereocenters. The van der Waals surface area contributed by atoms with E-state index in [4.69, 9.17) is 9.47 Å². The van der Waals surface area contributed by atoms with Gasteiger partial charge >= 0.3 is 0 Å². The molecule has 2 aromatic rings. The highest BCUT2D eigenvalue weighted by atomic mass is 19.1. The smallest absolute Gasteiger partial charge is 0.251 e. The maximum absolute atomic E-state index is 13.3. The second kappa shape index (κ2) is 10.9. The molecular formula is C23H27FN2O5. The van der Waals surface area contributed by atoms with Crippen LogP contribution in [0.1, 0.15) is 35.2 Å². The third-order valence-corrected chi connectivity index (χ3v) is 5.26. The van der Waals surface area contributed by atoms with Crippen LogP contribution in [0.25, 0.3) is 0 Å². The molecule has 7 nitrogen and oxygen atoms in total. The van der Waals surface area contributed by atoms with Gasteiger partial charge in [-0.1, -0.05) is 18.2 Å². The van der Waals surface area contributed by atoms with Gasteiger partial charge in [-0.25, -0.2) is 4.39 Å². The Morgan fingerprint density at radius 1 is 1.19 bits per heavy atom. The normalized spacial score (nSPS) is 20.7. The van der Waals surface area contributed by atoms with E-state index in [0.717, 1.165) is 17.4 Å². The molecule has 0 unspecified atom stereocenters. The minimum atomic E-state index is -0.634. The highest BCUT2D eigenvalue weighted by Crippen LogP contribution is 2.22. The molecule has 166 valence electrons. The first-order valence-electron chi connectivity index (χ1n) is 10.2. The van der Waals surface area contributed by atoms with E-state index in [1.54, 1.807) is 7.11 Å². The predicted molar refractivity (Wildman–Crippen MR) is 112 cm³/mol. The predicted octanol–water partition coefficient (Wildman–Crippen LogP) is 2.18. The molecule has 8 heteroatoms. The number of carbonyl (C=O) groups is 2. The van der Waals surface area contributed by atoms with Crippen molar-refractivity contribution in [3.63, 3.8) is 0 Å². The number of hydrogen-bond acceptors (Lipinski definition) is 5. The second-order valence-electron chi connectivity index (χ2n) is 7.48. The molecule has 1 fully saturated rings. The number of hydrogen-bond donors (Lipinski definition) is 3. The van der Waals surface area contributed by atoms with E-state index in [1.165, 1.54) is 18.2 Å². The minimum Gasteiger partial charge on any atom is -0.497 e. The minimum absolute atomic E-state index is 0.153. The van der Waals surface area contributed by atoms with Crippen LogP contribution >= 0.6 is 0 Å². The van der Waals surface area contributed by atoms with E-state index in [0.29, 0.717) is 19.4 Å². The van der Waals surface area contributed by atoms with Gasteiger partial charge in [0.2, 0.25) is 5.91 Å². The van der Waals surface area contributed by atoms with Gasteiger partial charge in [-0.3, -0.25) is 9.59 Å². The molecule has 3 rings (SSSR count). The summed E-state index contributed by atoms with van der Waals surface area (Å²) in [5, 5.41) is 15.3. The fraction of sp³-hybridized carbons (Fsp3) is 0.391. The van der Waals surface area contributed by atoms with Crippen LogP contribution in [-0.4, -0.2) is 48.9 Å². The number of nitrogens with one attached hydrogen (secondary N) is 2. The molecule has 1 aliphatic rings. The topological polar surface area (TPSA) is 96.9 Å². The maximum atomic E-state index is 13.3. The lowest BCUT2D eigenvalue weighted by molar-refractivity contribution is -0.131. The summed E-state index contributed by atoms with van der Waals surface area (Å²) < 4.78 is 24.3. The molecule has 0 bridgehead atoms. The summed E-state index contributed by atoms with van der Waals surface area (Å²) >= 11 is 0. The lowest BCUT2D eigenvalue weighted by Gasteiger charge is -2.36. The summed E-state index contributed by atoms with van der Waals surface area (Å²) in [7, 11) is 1.60. The summed E-state index contributed by atoms with van der Waals surface area (Å²) in [6.07, 6.45) is 0.279. The third-order valence-electron chi connectivity index (χ3n) is 5.26. The fourth-order valence-electron chi connectivity index (χ4n) is 3.55. The maximum Gasteiger partial charge on any atom is 0.251 e. The van der Waals surface area contributed by atoms with Crippen LogP contribution in [0.15, 0.2) is 48.5 Å². The standard InChI is InChI=1S/C23H27FN2O5/c1-30-18-7-5-15(6-8-18)13-25-22(28)12-19-9-10-20(21(14-27)31-19)26-23(29)16-3-2-4-17(24)11-16/h2-8,11,19-21,27H,9-10,12-14H2,1H3,(H,25,28)(H,26,29)/t19-,20+,21-/m1/s1. The van der Waals surface area contributed by atoms with Crippen LogP contribution in [0.2, 0.25) is 0 Å². The van der Waals surface area contributed by atoms with E-state index in [2.05, 4.69) is 10.6 Å². The molecule has 1 saturated heterocycles. The SMILES string of the molecule is COc1ccc(CNC(=O)C[C@H]2CC[C@H](NC(=O)c3cccc(F)c3)[C@@H](CO)O2)cc1. The zero-order valence-corrected chi connectivity index (χ0v) is 17.3. The van der Waals surface area contributed by atoms with Gasteiger partial charge in [0.05, 0.1) is 32.3 Å². The second-order valence-corrected chi connectivity index (χ2v) is 7.48. The molecule has 3 N–H and O–H groups in total. The molecule has 0 aromatic heterocycles. The monoisotopic (exact) mass is 430 g/mol. The number of aliphatic hydroxyl groups excluding tert-OH is 1. The van der Waals surface area contributed by atoms with Crippen molar-refractivity contribution in [2.75, 3.05) is 13.7 Å². The van der Waals surface area contributed by atoms with Crippen LogP contribution in [0.5, 0.6) is 5.75 Å². The highest BCUT2D eigenvalue weighted by Gasteiger charge is 2.33. The van der Waals surface area contributed by atoms with Gasteiger partial charge in [-0.05, 0) is 48.7 Å². The quantitative estimate of drug-likeness (QED) is 0.597. The molecular weight excluding hydrogens is 403 g/mol. The number of ether oxygens (including phenoxy) is 2. The average Bonchev–Trinajstić information content (AvgIpc) is 2.79. The van der Waals surface area contributed by atoms with Crippen LogP contribution in [0.4, 0.5) is 4.39 Å². The number of aliphatic hydroxyl groups is 1. The Morgan fingerprint density at radius 2 is 1.97 bits per heavy atom. The highest BCUT2D eigenvalue weighted by molar-refractivity contribution is 5.94. The first kappa shape index (κ1) is 22.7. The van der Waals surface area contributed by atoms with E-state index in [9.17, 15) is 19.1 Å². The molecule has 0 spiro atoms. The van der Waals surface area contributed by atoms with Crippen molar-refractivity contribution < 1.29 is 28.6 Å². The van der Waals surface area contributed by atoms with Crippen molar-refractivity contribution in [3.05, 3.63) is 65.5 Å². The largest absolute Gasteiger partial charge is 0.497 e. The average molecular weight is 430 g/mol. The Bertz CT molecular complexity index is 890. The van der Waals surface area contributed by atoms with Crippen molar-refractivity contribution in [2.45, 2.75) is 44.1 Å². The fourth-order valence-corrected chi connectivity index (χ4v) is 3.55. The molecule has 1 heterocycles. The summed E-state index contributed by atoms with van der Waals surface area (Å²) in [6.45, 7) is 0.101. The zero-order chi connectivity index (χ0) is 22.2. The lowest BCUT2D eigenvalue weighted by Crippen LogP contribution is -2.51. The van der Waals surface area contributed by atoms with E-state index < -0.39 is 23.9 Å². The van der Waals surface area contributed by atoms with Crippen molar-refractivity contribution in [1.82, 2.24) is 10.6 Å². The summed E-state index contributed by atoms with van der Waals surface area (Å²) in [5.74, 6) is -0.325. The summed E-state index contributed by atoms with van der Waals surface area (Å²) in [4.78, 5) is 24.7. The van der Waals surface area contributed by atoms with Gasteiger partial charge < -0.3 is 25.2 Å². The van der Waals surface area contributed by atoms with Crippen molar-refractivity contribution in [2.24, 2.45) is 0 Å². The number of methoxy groups -OCH3 is 1. The number of rotatable bonds is 8. The molecule has 31 heavy (non-hydrogen) atoms. The Hall–Kier alpha value is -2.97. The van der Waals surface area contributed by atoms with Crippen molar-refractivity contribution >= 4 is 11.8 Å². The van der Waals surface area contributed by atoms with Gasteiger partial charge in [-0.2, -0.15) is 0 Å². The first-order valence-corrected chi connectivity index (χ1v) is 10.2. The Morgan fingerprint density at radius 3 is 2.65 bits per heavy atom. The van der Waals surface area contributed by atoms with Crippen LogP contribution in [-0.2, 0) is 16.1 Å². The number of benzene rings is 2. The van der Waals surface area contributed by atoms with E-state index >= 15 is 0 Å². The van der Waals surface area contributed by atoms with Crippen LogP contribution in [0.3, 0.4) is 0 Å². The van der Waals surface area contributed by atoms with Crippen LogP contribution < -0.4 is 15.4 Å². The summed E-state index contributed by atoms with van der Waals surface area (Å²) in [5.41, 5.74) is 1.16. The molecule has 2 aromatic carbocycles. The van der Waals surface area contributed by atoms with Gasteiger partial charge in [0.25, 0.3) is 5.91 Å². The zero-order valence-electron chi connectivity index (χ0n) is 17.3. The van der Waals surface area contributed by atoms with Crippen LogP contribution in [0, 0.1) is 5.82 Å². The van der Waals surface area contributed by atoms with Gasteiger partial charge in [0.1, 0.15) is 17.7 Å². The van der Waals surface area contributed by atoms with Gasteiger partial charge in [0, 0.05) is 12.1 Å². The van der Waals surface area contributed by atoms with Crippen molar-refractivity contribution in [3.8, 4) is 5.75 Å². The third kappa shape index (κ3) is 6.50. The molecule has 0 radical (unpaired) electrons. The van der Waals surface area contributed by atoms with Gasteiger partial charge in [0.15, 0.2) is 0 Å². The molecule has 2 amide bonds. The van der Waals surface area contributed by atoms with E-state index in [1.807, 2.05) is 24.3 Å². The number of amides is 2. The molecule has 0 saturated carbocycles. The number of halogens is 1. The molecule has 1 aliphatic heterocycles. The Balaban J connectivity index is 1.47. The van der Waals surface area contributed by atoms with Gasteiger partial charge in [-0.15, -0.1) is 0 Å². The van der Waals surface area contributed by atoms with Crippen molar-refractivity contribution in [1.29, 1.82) is 0 Å². The summed E-state index contributed by atoms with van der Waals surface area (Å²) in [6, 6.07) is 12.4.